The van der Waals surface area contributed by atoms with E-state index in [0.717, 1.165) is 6.42 Å². The van der Waals surface area contributed by atoms with Crippen molar-refractivity contribution in [2.75, 3.05) is 33.5 Å². The highest BCUT2D eigenvalue weighted by Crippen LogP contribution is 2.18. The smallest absolute Gasteiger partial charge is 0.225 e. The van der Waals surface area contributed by atoms with Crippen LogP contribution in [-0.2, 0) is 14.3 Å². The number of carbonyl (C=O) groups excluding carboxylic acids is 1. The maximum absolute atomic E-state index is 11.6. The van der Waals surface area contributed by atoms with Crippen LogP contribution in [0.15, 0.2) is 0 Å². The third kappa shape index (κ3) is 6.47. The first kappa shape index (κ1) is 14.4. The number of carbonyl (C=O) groups is 1. The van der Waals surface area contributed by atoms with Crippen molar-refractivity contribution in [2.45, 2.75) is 27.2 Å². The standard InChI is InChI=1S/C11H23NO3.H2/c1-5-11(2,3)10(13)12-6-7-15-9-8-14-4;/h5-9H2,1-4H3,(H,12,13);1H. The number of methoxy groups -OCH3 is 1. The molecule has 0 spiro atoms. The summed E-state index contributed by atoms with van der Waals surface area (Å²) in [5.41, 5.74) is -0.285. The summed E-state index contributed by atoms with van der Waals surface area (Å²) in [6.45, 7) is 8.15. The fraction of sp³-hybridized carbons (Fsp3) is 0.909. The molecule has 4 heteroatoms. The summed E-state index contributed by atoms with van der Waals surface area (Å²) >= 11 is 0. The molecule has 0 fully saturated rings. The minimum absolute atomic E-state index is 0. The van der Waals surface area contributed by atoms with E-state index < -0.39 is 0 Å². The molecule has 0 aromatic carbocycles. The normalized spacial score (nSPS) is 11.5. The van der Waals surface area contributed by atoms with E-state index in [0.29, 0.717) is 26.4 Å². The largest absolute Gasteiger partial charge is 0.382 e. The molecular formula is C11H25NO3. The molecule has 1 N–H and O–H groups in total. The van der Waals surface area contributed by atoms with Gasteiger partial charge in [0.25, 0.3) is 0 Å². The highest BCUT2D eigenvalue weighted by molar-refractivity contribution is 5.81. The predicted octanol–water partition coefficient (Wildman–Crippen LogP) is 1.45. The monoisotopic (exact) mass is 219 g/mol. The Bertz CT molecular complexity index is 186. The molecule has 0 rings (SSSR count). The number of hydrogen-bond donors (Lipinski definition) is 1. The van der Waals surface area contributed by atoms with Gasteiger partial charge in [-0.05, 0) is 6.42 Å². The Labute approximate surface area is 93.8 Å². The van der Waals surface area contributed by atoms with Gasteiger partial charge in [0.1, 0.15) is 0 Å². The number of rotatable bonds is 8. The lowest BCUT2D eigenvalue weighted by atomic mass is 9.89. The molecule has 0 saturated carbocycles. The van der Waals surface area contributed by atoms with Crippen molar-refractivity contribution in [1.82, 2.24) is 5.32 Å². The molecule has 0 aliphatic heterocycles. The van der Waals surface area contributed by atoms with Crippen molar-refractivity contribution in [1.29, 1.82) is 0 Å². The zero-order valence-corrected chi connectivity index (χ0v) is 10.3. The molecule has 0 bridgehead atoms. The topological polar surface area (TPSA) is 47.6 Å². The molecule has 0 aromatic rings. The zero-order valence-electron chi connectivity index (χ0n) is 10.3. The molecule has 15 heavy (non-hydrogen) atoms. The average Bonchev–Trinajstić information content (AvgIpc) is 2.22. The fourth-order valence-electron chi connectivity index (χ4n) is 0.881. The van der Waals surface area contributed by atoms with E-state index in [1.807, 2.05) is 20.8 Å². The summed E-state index contributed by atoms with van der Waals surface area (Å²) in [4.78, 5) is 11.6. The van der Waals surface area contributed by atoms with Crippen LogP contribution < -0.4 is 5.32 Å². The number of amides is 1. The van der Waals surface area contributed by atoms with Crippen molar-refractivity contribution >= 4 is 5.91 Å². The first-order chi connectivity index (χ1) is 7.04. The highest BCUT2D eigenvalue weighted by Gasteiger charge is 2.24. The second-order valence-electron chi connectivity index (χ2n) is 4.10. The minimum atomic E-state index is -0.285. The first-order valence-electron chi connectivity index (χ1n) is 5.39. The second kappa shape index (κ2) is 7.65. The van der Waals surface area contributed by atoms with Crippen LogP contribution in [0.2, 0.25) is 0 Å². The van der Waals surface area contributed by atoms with Gasteiger partial charge in [0.15, 0.2) is 0 Å². The Balaban J connectivity index is 0. The molecule has 0 aromatic heterocycles. The third-order valence-electron chi connectivity index (χ3n) is 2.46. The maximum Gasteiger partial charge on any atom is 0.225 e. The SMILES string of the molecule is CCC(C)(C)C(=O)NCCOCCOC.[HH]. The molecule has 0 aliphatic carbocycles. The average molecular weight is 219 g/mol. The summed E-state index contributed by atoms with van der Waals surface area (Å²) in [7, 11) is 1.63. The molecule has 1 amide bonds. The van der Waals surface area contributed by atoms with Crippen LogP contribution in [-0.4, -0.2) is 39.4 Å². The first-order valence-corrected chi connectivity index (χ1v) is 5.39. The van der Waals surface area contributed by atoms with Crippen LogP contribution >= 0.6 is 0 Å². The number of hydrogen-bond acceptors (Lipinski definition) is 3. The van der Waals surface area contributed by atoms with Gasteiger partial charge in [0.05, 0.1) is 19.8 Å². The quantitative estimate of drug-likeness (QED) is 0.628. The molecule has 0 saturated heterocycles. The van der Waals surface area contributed by atoms with Gasteiger partial charge in [-0.25, -0.2) is 0 Å². The lowest BCUT2D eigenvalue weighted by Gasteiger charge is -2.21. The summed E-state index contributed by atoms with van der Waals surface area (Å²) in [6.07, 6.45) is 0.837. The summed E-state index contributed by atoms with van der Waals surface area (Å²) in [6, 6.07) is 0. The molecule has 0 radical (unpaired) electrons. The van der Waals surface area contributed by atoms with Crippen molar-refractivity contribution in [2.24, 2.45) is 5.41 Å². The molecule has 0 atom stereocenters. The molecule has 4 nitrogen and oxygen atoms in total. The summed E-state index contributed by atoms with van der Waals surface area (Å²) in [5.74, 6) is 0.0836. The van der Waals surface area contributed by atoms with Crippen molar-refractivity contribution in [3.63, 3.8) is 0 Å². The van der Waals surface area contributed by atoms with Crippen molar-refractivity contribution in [3.8, 4) is 0 Å². The van der Waals surface area contributed by atoms with Crippen LogP contribution in [0.25, 0.3) is 0 Å². The van der Waals surface area contributed by atoms with E-state index in [2.05, 4.69) is 5.32 Å². The Morgan fingerprint density at radius 2 is 2.00 bits per heavy atom. The Morgan fingerprint density at radius 3 is 2.53 bits per heavy atom. The number of ether oxygens (including phenoxy) is 2. The summed E-state index contributed by atoms with van der Waals surface area (Å²) in [5, 5.41) is 2.85. The van der Waals surface area contributed by atoms with E-state index in [9.17, 15) is 4.79 Å². The van der Waals surface area contributed by atoms with Gasteiger partial charge in [-0.1, -0.05) is 20.8 Å². The molecule has 0 heterocycles. The second-order valence-corrected chi connectivity index (χ2v) is 4.10. The highest BCUT2D eigenvalue weighted by atomic mass is 16.5. The maximum atomic E-state index is 11.6. The zero-order chi connectivity index (χ0) is 11.7. The third-order valence-corrected chi connectivity index (χ3v) is 2.46. The van der Waals surface area contributed by atoms with Crippen LogP contribution in [0.5, 0.6) is 0 Å². The van der Waals surface area contributed by atoms with E-state index in [1.54, 1.807) is 7.11 Å². The van der Waals surface area contributed by atoms with Crippen molar-refractivity contribution in [3.05, 3.63) is 0 Å². The van der Waals surface area contributed by atoms with Crippen LogP contribution in [0, 0.1) is 5.41 Å². The van der Waals surface area contributed by atoms with Crippen molar-refractivity contribution < 1.29 is 15.7 Å². The lowest BCUT2D eigenvalue weighted by molar-refractivity contribution is -0.129. The van der Waals surface area contributed by atoms with E-state index in [1.165, 1.54) is 0 Å². The Hall–Kier alpha value is -0.610. The fourth-order valence-corrected chi connectivity index (χ4v) is 0.881. The molecule has 0 unspecified atom stereocenters. The van der Waals surface area contributed by atoms with Gasteiger partial charge in [0, 0.05) is 20.5 Å². The van der Waals surface area contributed by atoms with Gasteiger partial charge in [-0.3, -0.25) is 4.79 Å². The molecule has 0 aliphatic rings. The predicted molar refractivity (Wildman–Crippen MR) is 61.9 cm³/mol. The lowest BCUT2D eigenvalue weighted by Crippen LogP contribution is -2.38. The van der Waals surface area contributed by atoms with Crippen LogP contribution in [0.3, 0.4) is 0 Å². The van der Waals surface area contributed by atoms with Gasteiger partial charge in [-0.15, -0.1) is 0 Å². The minimum Gasteiger partial charge on any atom is -0.382 e. The molecule has 92 valence electrons. The van der Waals surface area contributed by atoms with E-state index in [-0.39, 0.29) is 12.7 Å². The van der Waals surface area contributed by atoms with Gasteiger partial charge in [-0.2, -0.15) is 0 Å². The van der Waals surface area contributed by atoms with Gasteiger partial charge in [0.2, 0.25) is 5.91 Å². The Morgan fingerprint density at radius 1 is 1.33 bits per heavy atom. The van der Waals surface area contributed by atoms with E-state index >= 15 is 0 Å². The van der Waals surface area contributed by atoms with Gasteiger partial charge >= 0.3 is 0 Å². The number of nitrogens with one attached hydrogen (secondary N) is 1. The van der Waals surface area contributed by atoms with Crippen LogP contribution in [0.1, 0.15) is 28.6 Å². The van der Waals surface area contributed by atoms with E-state index in [4.69, 9.17) is 9.47 Å². The van der Waals surface area contributed by atoms with Gasteiger partial charge < -0.3 is 14.8 Å². The Kier molecular flexibility index (Phi) is 7.34. The molecular weight excluding hydrogens is 194 g/mol. The summed E-state index contributed by atoms with van der Waals surface area (Å²) < 4.78 is 10.1. The van der Waals surface area contributed by atoms with Crippen LogP contribution in [0.4, 0.5) is 0 Å².